The molecule has 2 heterocycles. The Bertz CT molecular complexity index is 1070. The van der Waals surface area contributed by atoms with Crippen LogP contribution in [0.4, 0.5) is 10.6 Å². The van der Waals surface area contributed by atoms with Crippen molar-refractivity contribution in [3.8, 4) is 11.5 Å². The number of primary amides is 1. The van der Waals surface area contributed by atoms with E-state index in [1.807, 2.05) is 10.8 Å². The van der Waals surface area contributed by atoms with Crippen LogP contribution in [0.25, 0.3) is 10.9 Å². The SMILES string of the molecule is COc1cc2ncnc(N3CCCN(C(O)CNS(=O)(=O)OC(N)=O)CC3)c2cc1OC. The van der Waals surface area contributed by atoms with Crippen LogP contribution in [-0.4, -0.2) is 87.7 Å². The van der Waals surface area contributed by atoms with Crippen molar-refractivity contribution in [3.05, 3.63) is 18.5 Å². The first-order valence-electron chi connectivity index (χ1n) is 9.76. The first-order valence-corrected chi connectivity index (χ1v) is 11.2. The number of carbonyl (C=O) groups excluding carboxylic acids is 1. The van der Waals surface area contributed by atoms with Gasteiger partial charge >= 0.3 is 16.4 Å². The Morgan fingerprint density at radius 1 is 1.19 bits per heavy atom. The number of carbonyl (C=O) groups is 1. The van der Waals surface area contributed by atoms with Gasteiger partial charge in [0.15, 0.2) is 11.5 Å². The second-order valence-electron chi connectivity index (χ2n) is 6.98. The number of nitrogens with zero attached hydrogens (tertiary/aromatic N) is 4. The molecular weight excluding hydrogens is 444 g/mol. The van der Waals surface area contributed by atoms with Crippen LogP contribution < -0.4 is 24.8 Å². The van der Waals surface area contributed by atoms with Gasteiger partial charge < -0.3 is 29.4 Å². The van der Waals surface area contributed by atoms with E-state index in [-0.39, 0.29) is 6.54 Å². The molecule has 32 heavy (non-hydrogen) atoms. The summed E-state index contributed by atoms with van der Waals surface area (Å²) in [6.07, 6.45) is -0.397. The van der Waals surface area contributed by atoms with Crippen LogP contribution in [-0.2, 0) is 14.5 Å². The lowest BCUT2D eigenvalue weighted by Crippen LogP contribution is -2.46. The highest BCUT2D eigenvalue weighted by atomic mass is 32.2. The Morgan fingerprint density at radius 2 is 1.91 bits per heavy atom. The summed E-state index contributed by atoms with van der Waals surface area (Å²) in [6.45, 7) is 1.81. The minimum Gasteiger partial charge on any atom is -0.493 e. The minimum absolute atomic E-state index is 0.358. The number of nitrogens with two attached hydrogens (primary N) is 1. The highest BCUT2D eigenvalue weighted by Crippen LogP contribution is 2.34. The first-order chi connectivity index (χ1) is 15.2. The van der Waals surface area contributed by atoms with Gasteiger partial charge in [-0.25, -0.2) is 14.8 Å². The van der Waals surface area contributed by atoms with Gasteiger partial charge in [-0.3, -0.25) is 4.90 Å². The van der Waals surface area contributed by atoms with Gasteiger partial charge in [0.2, 0.25) is 0 Å². The predicted octanol–water partition coefficient (Wildman–Crippen LogP) is -0.593. The molecule has 14 heteroatoms. The lowest BCUT2D eigenvalue weighted by Gasteiger charge is -2.27. The molecule has 0 bridgehead atoms. The van der Waals surface area contributed by atoms with Crippen LogP contribution in [0.1, 0.15) is 6.42 Å². The number of hydrogen-bond donors (Lipinski definition) is 3. The lowest BCUT2D eigenvalue weighted by molar-refractivity contribution is 0.0127. The zero-order chi connectivity index (χ0) is 23.3. The van der Waals surface area contributed by atoms with Crippen molar-refractivity contribution in [2.75, 3.05) is 51.8 Å². The van der Waals surface area contributed by atoms with Crippen LogP contribution in [0.3, 0.4) is 0 Å². The molecular formula is C18H26N6O7S. The van der Waals surface area contributed by atoms with E-state index in [1.165, 1.54) is 6.33 Å². The molecule has 0 aliphatic carbocycles. The fraction of sp³-hybridized carbons (Fsp3) is 0.500. The average molecular weight is 471 g/mol. The van der Waals surface area contributed by atoms with Gasteiger partial charge in [-0.15, -0.1) is 0 Å². The molecule has 0 saturated carbocycles. The van der Waals surface area contributed by atoms with Crippen molar-refractivity contribution in [3.63, 3.8) is 0 Å². The zero-order valence-corrected chi connectivity index (χ0v) is 18.5. The Labute approximate surface area is 185 Å². The number of nitrogens with one attached hydrogen (secondary N) is 1. The summed E-state index contributed by atoms with van der Waals surface area (Å²) >= 11 is 0. The third kappa shape index (κ3) is 5.64. The Balaban J connectivity index is 1.71. The fourth-order valence-corrected chi connectivity index (χ4v) is 4.14. The van der Waals surface area contributed by atoms with Crippen LogP contribution in [0.5, 0.6) is 11.5 Å². The largest absolute Gasteiger partial charge is 0.493 e. The van der Waals surface area contributed by atoms with Gasteiger partial charge in [-0.1, -0.05) is 0 Å². The molecule has 1 aromatic heterocycles. The van der Waals surface area contributed by atoms with Gasteiger partial charge in [-0.2, -0.15) is 13.1 Å². The van der Waals surface area contributed by atoms with E-state index in [0.29, 0.717) is 49.6 Å². The molecule has 1 saturated heterocycles. The number of aliphatic hydroxyl groups is 1. The van der Waals surface area contributed by atoms with E-state index in [9.17, 15) is 18.3 Å². The molecule has 1 fully saturated rings. The van der Waals surface area contributed by atoms with Crippen LogP contribution >= 0.6 is 0 Å². The third-order valence-corrected chi connectivity index (χ3v) is 5.91. The van der Waals surface area contributed by atoms with Gasteiger partial charge in [0, 0.05) is 37.6 Å². The second-order valence-corrected chi connectivity index (χ2v) is 8.35. The van der Waals surface area contributed by atoms with Gasteiger partial charge in [0.1, 0.15) is 18.4 Å². The third-order valence-electron chi connectivity index (χ3n) is 5.01. The van der Waals surface area contributed by atoms with Crippen molar-refractivity contribution in [2.24, 2.45) is 5.73 Å². The van der Waals surface area contributed by atoms with E-state index in [1.54, 1.807) is 25.2 Å². The number of aliphatic hydroxyl groups excluding tert-OH is 1. The Hall–Kier alpha value is -2.94. The molecule has 2 aromatic rings. The smallest absolute Gasteiger partial charge is 0.421 e. The highest BCUT2D eigenvalue weighted by molar-refractivity contribution is 7.85. The minimum atomic E-state index is -4.37. The predicted molar refractivity (Wildman–Crippen MR) is 115 cm³/mol. The summed E-state index contributed by atoms with van der Waals surface area (Å²) in [5.41, 5.74) is 5.42. The van der Waals surface area contributed by atoms with E-state index in [0.717, 1.165) is 11.2 Å². The molecule has 1 aromatic carbocycles. The first kappa shape index (κ1) is 23.7. The molecule has 13 nitrogen and oxygen atoms in total. The number of fused-ring (bicyclic) bond motifs is 1. The molecule has 1 amide bonds. The number of amides is 1. The summed E-state index contributed by atoms with van der Waals surface area (Å²) in [6, 6.07) is 3.61. The molecule has 0 spiro atoms. The lowest BCUT2D eigenvalue weighted by atomic mass is 10.2. The van der Waals surface area contributed by atoms with Gasteiger partial charge in [-0.05, 0) is 12.5 Å². The molecule has 3 rings (SSSR count). The quantitative estimate of drug-likeness (QED) is 0.450. The monoisotopic (exact) mass is 470 g/mol. The van der Waals surface area contributed by atoms with Gasteiger partial charge in [0.25, 0.3) is 0 Å². The second kappa shape index (κ2) is 10.1. The maximum absolute atomic E-state index is 11.6. The summed E-state index contributed by atoms with van der Waals surface area (Å²) in [7, 11) is -1.26. The molecule has 1 atom stereocenters. The summed E-state index contributed by atoms with van der Waals surface area (Å²) in [5.74, 6) is 1.86. The maximum atomic E-state index is 11.6. The average Bonchev–Trinajstić information content (AvgIpc) is 3.01. The molecule has 4 N–H and O–H groups in total. The Morgan fingerprint density at radius 3 is 2.59 bits per heavy atom. The summed E-state index contributed by atoms with van der Waals surface area (Å²) in [4.78, 5) is 23.2. The van der Waals surface area contributed by atoms with E-state index < -0.39 is 22.6 Å². The van der Waals surface area contributed by atoms with Crippen LogP contribution in [0.2, 0.25) is 0 Å². The summed E-state index contributed by atoms with van der Waals surface area (Å²) < 4.78 is 39.8. The number of ether oxygens (including phenoxy) is 2. The number of methoxy groups -OCH3 is 2. The van der Waals surface area contributed by atoms with Crippen molar-refractivity contribution in [1.82, 2.24) is 19.6 Å². The maximum Gasteiger partial charge on any atom is 0.421 e. The van der Waals surface area contributed by atoms with Gasteiger partial charge in [0.05, 0.1) is 26.3 Å². The van der Waals surface area contributed by atoms with Crippen molar-refractivity contribution in [1.29, 1.82) is 0 Å². The molecule has 1 aliphatic heterocycles. The zero-order valence-electron chi connectivity index (χ0n) is 17.7. The topological polar surface area (TPSA) is 169 Å². The van der Waals surface area contributed by atoms with Crippen molar-refractivity contribution >= 4 is 33.1 Å². The Kier molecular flexibility index (Phi) is 7.50. The molecule has 1 unspecified atom stereocenters. The van der Waals surface area contributed by atoms with Crippen molar-refractivity contribution < 1.29 is 32.0 Å². The summed E-state index contributed by atoms with van der Waals surface area (Å²) in [5, 5.41) is 11.2. The fourth-order valence-electron chi connectivity index (χ4n) is 3.51. The number of anilines is 1. The van der Waals surface area contributed by atoms with E-state index in [2.05, 4.69) is 19.1 Å². The van der Waals surface area contributed by atoms with E-state index >= 15 is 0 Å². The van der Waals surface area contributed by atoms with Crippen LogP contribution in [0, 0.1) is 0 Å². The number of rotatable bonds is 8. The van der Waals surface area contributed by atoms with Crippen molar-refractivity contribution in [2.45, 2.75) is 12.6 Å². The molecule has 1 aliphatic rings. The highest BCUT2D eigenvalue weighted by Gasteiger charge is 2.24. The normalized spacial score (nSPS) is 16.4. The van der Waals surface area contributed by atoms with Crippen LogP contribution in [0.15, 0.2) is 18.5 Å². The molecule has 0 radical (unpaired) electrons. The molecule has 176 valence electrons. The number of aromatic nitrogens is 2. The van der Waals surface area contributed by atoms with E-state index in [4.69, 9.17) is 15.2 Å². The number of benzene rings is 1. The standard InChI is InChI=1S/C18H26N6O7S/c1-29-14-8-12-13(9-15(14)30-2)20-11-21-17(12)24-5-3-4-23(6-7-24)16(25)10-22-32(27,28)31-18(19)26/h8-9,11,16,22,25H,3-7,10H2,1-2H3,(H2,19,26). The number of hydrogen-bond acceptors (Lipinski definition) is 11.